The molecule has 0 radical (unpaired) electrons. The maximum atomic E-state index is 11.6. The molecule has 158 valence electrons. The van der Waals surface area contributed by atoms with Crippen molar-refractivity contribution < 1.29 is 32.4 Å². The van der Waals surface area contributed by atoms with E-state index >= 15 is 0 Å². The maximum absolute atomic E-state index is 11.6. The second kappa shape index (κ2) is 14.6. The lowest BCUT2D eigenvalue weighted by Crippen LogP contribution is -2.34. The summed E-state index contributed by atoms with van der Waals surface area (Å²) in [6.07, 6.45) is 11.8. The highest BCUT2D eigenvalue weighted by atomic mass is 32.2. The number of esters is 1. The summed E-state index contributed by atoms with van der Waals surface area (Å²) in [6, 6.07) is 0. The summed E-state index contributed by atoms with van der Waals surface area (Å²) in [5.74, 6) is -2.24. The van der Waals surface area contributed by atoms with E-state index in [-0.39, 0.29) is 0 Å². The van der Waals surface area contributed by atoms with Gasteiger partial charge in [-0.2, -0.15) is 8.42 Å². The fourth-order valence-electron chi connectivity index (χ4n) is 2.74. The van der Waals surface area contributed by atoms with Crippen LogP contribution in [0.5, 0.6) is 0 Å². The molecule has 2 unspecified atom stereocenters. The van der Waals surface area contributed by atoms with Crippen LogP contribution in [0.1, 0.15) is 84.5 Å². The van der Waals surface area contributed by atoms with Crippen molar-refractivity contribution in [3.8, 4) is 0 Å². The van der Waals surface area contributed by atoms with Gasteiger partial charge in [0.15, 0.2) is 0 Å². The first-order valence-corrected chi connectivity index (χ1v) is 11.3. The third-order valence-electron chi connectivity index (χ3n) is 4.47. The predicted molar refractivity (Wildman–Crippen MR) is 104 cm³/mol. The Morgan fingerprint density at radius 3 is 1.85 bits per heavy atom. The van der Waals surface area contributed by atoms with Crippen LogP contribution in [0.4, 0.5) is 0 Å². The second-order valence-corrected chi connectivity index (χ2v) is 8.61. The molecule has 0 amide bonds. The highest BCUT2D eigenvalue weighted by Gasteiger charge is 2.30. The van der Waals surface area contributed by atoms with E-state index in [0.717, 1.165) is 25.3 Å². The topological polar surface area (TPSA) is 118 Å². The Kier molecular flexibility index (Phi) is 13.9. The number of rotatable bonds is 16. The predicted octanol–water partition coefficient (Wildman–Crippen LogP) is 4.13. The fourth-order valence-corrected chi connectivity index (χ4v) is 3.32. The third-order valence-corrected chi connectivity index (χ3v) is 5.71. The van der Waals surface area contributed by atoms with E-state index in [9.17, 15) is 22.6 Å². The van der Waals surface area contributed by atoms with E-state index < -0.39 is 33.4 Å². The first kappa shape index (κ1) is 25.6. The molecular weight excluding hydrogens is 372 g/mol. The van der Waals surface area contributed by atoms with Gasteiger partial charge in [0, 0.05) is 12.2 Å². The molecule has 7 nitrogen and oxygen atoms in total. The van der Waals surface area contributed by atoms with E-state index in [0.29, 0.717) is 18.9 Å². The summed E-state index contributed by atoms with van der Waals surface area (Å²) in [6.45, 7) is 3.46. The van der Waals surface area contributed by atoms with Crippen LogP contribution in [0.2, 0.25) is 0 Å². The number of hydrogen-bond acceptors (Lipinski definition) is 5. The molecule has 2 atom stereocenters. The van der Waals surface area contributed by atoms with Crippen LogP contribution in [-0.4, -0.2) is 41.4 Å². The number of hydrogen-bond donors (Lipinski definition) is 2. The van der Waals surface area contributed by atoms with Gasteiger partial charge in [0.2, 0.25) is 0 Å². The van der Waals surface area contributed by atoms with Crippen LogP contribution >= 0.6 is 0 Å². The quantitative estimate of drug-likeness (QED) is 0.171. The largest absolute Gasteiger partial charge is 0.478 e. The Morgan fingerprint density at radius 1 is 0.926 bits per heavy atom. The van der Waals surface area contributed by atoms with E-state index in [1.807, 2.05) is 0 Å². The van der Waals surface area contributed by atoms with Crippen molar-refractivity contribution in [3.63, 3.8) is 0 Å². The number of carboxylic acid groups (broad SMARTS) is 1. The molecule has 8 heteroatoms. The van der Waals surface area contributed by atoms with Crippen LogP contribution in [0.25, 0.3) is 0 Å². The average Bonchev–Trinajstić information content (AvgIpc) is 2.59. The van der Waals surface area contributed by atoms with Crippen molar-refractivity contribution in [1.82, 2.24) is 0 Å². The molecule has 0 heterocycles. The fraction of sp³-hybridized carbons (Fsp3) is 0.789. The zero-order valence-corrected chi connectivity index (χ0v) is 17.2. The second-order valence-electron chi connectivity index (χ2n) is 6.84. The normalized spacial score (nSPS) is 14.2. The van der Waals surface area contributed by atoms with Crippen molar-refractivity contribution >= 4 is 22.1 Å². The van der Waals surface area contributed by atoms with E-state index in [1.165, 1.54) is 45.4 Å². The van der Waals surface area contributed by atoms with Crippen LogP contribution in [-0.2, 0) is 24.4 Å². The monoisotopic (exact) mass is 406 g/mol. The van der Waals surface area contributed by atoms with Gasteiger partial charge in [0.05, 0.1) is 0 Å². The summed E-state index contributed by atoms with van der Waals surface area (Å²) >= 11 is 0. The lowest BCUT2D eigenvalue weighted by molar-refractivity contribution is -0.144. The molecular formula is C19H34O7S. The van der Waals surface area contributed by atoms with Crippen molar-refractivity contribution in [2.24, 2.45) is 0 Å². The van der Waals surface area contributed by atoms with E-state index in [4.69, 9.17) is 9.84 Å². The van der Waals surface area contributed by atoms with Gasteiger partial charge in [0.1, 0.15) is 11.4 Å². The Labute approximate surface area is 162 Å². The van der Waals surface area contributed by atoms with E-state index in [1.54, 1.807) is 0 Å². The molecule has 0 aromatic rings. The molecule has 2 N–H and O–H groups in total. The van der Waals surface area contributed by atoms with Crippen LogP contribution in [0.15, 0.2) is 12.2 Å². The lowest BCUT2D eigenvalue weighted by atomic mass is 10.0. The molecule has 27 heavy (non-hydrogen) atoms. The zero-order valence-electron chi connectivity index (χ0n) is 16.4. The number of aliphatic carboxylic acids is 1. The van der Waals surface area contributed by atoms with Crippen LogP contribution in [0.3, 0.4) is 0 Å². The summed E-state index contributed by atoms with van der Waals surface area (Å²) in [5.41, 5.74) is 0. The highest BCUT2D eigenvalue weighted by molar-refractivity contribution is 7.86. The number of carboxylic acids is 1. The number of carbonyl (C=O) groups is 2. The third kappa shape index (κ3) is 14.3. The minimum Gasteiger partial charge on any atom is -0.478 e. The Hall–Kier alpha value is -1.41. The van der Waals surface area contributed by atoms with Gasteiger partial charge in [-0.25, -0.2) is 9.59 Å². The van der Waals surface area contributed by atoms with Gasteiger partial charge in [0.25, 0.3) is 10.1 Å². The van der Waals surface area contributed by atoms with Crippen molar-refractivity contribution in [3.05, 3.63) is 12.2 Å². The molecule has 0 bridgehead atoms. The van der Waals surface area contributed by atoms with E-state index in [2.05, 4.69) is 6.92 Å². The molecule has 0 fully saturated rings. The summed E-state index contributed by atoms with van der Waals surface area (Å²) in [4.78, 5) is 22.0. The van der Waals surface area contributed by atoms with Crippen molar-refractivity contribution in [2.75, 3.05) is 0 Å². The Bertz CT molecular complexity index is 554. The molecule has 0 aliphatic rings. The van der Waals surface area contributed by atoms with Gasteiger partial charge in [-0.3, -0.25) is 4.55 Å². The summed E-state index contributed by atoms with van der Waals surface area (Å²) in [7, 11) is -4.36. The Morgan fingerprint density at radius 2 is 1.41 bits per heavy atom. The van der Waals surface area contributed by atoms with Gasteiger partial charge in [-0.05, 0) is 19.8 Å². The van der Waals surface area contributed by atoms with Gasteiger partial charge >= 0.3 is 11.9 Å². The average molecular weight is 407 g/mol. The van der Waals surface area contributed by atoms with Crippen LogP contribution in [0, 0.1) is 0 Å². The molecule has 0 aliphatic carbocycles. The van der Waals surface area contributed by atoms with Crippen molar-refractivity contribution in [1.29, 1.82) is 0 Å². The summed E-state index contributed by atoms with van der Waals surface area (Å²) in [5, 5.41) is 7.24. The minimum absolute atomic E-state index is 0.296. The highest BCUT2D eigenvalue weighted by Crippen LogP contribution is 2.18. The van der Waals surface area contributed by atoms with Crippen LogP contribution < -0.4 is 0 Å². The maximum Gasteiger partial charge on any atom is 0.331 e. The SMILES string of the molecule is CCCCCCCCCCCCC(OC(=O)C=CC(=O)O)C(C)S(=O)(=O)O. The lowest BCUT2D eigenvalue weighted by Gasteiger charge is -2.21. The summed E-state index contributed by atoms with van der Waals surface area (Å²) < 4.78 is 37.0. The molecule has 0 aromatic carbocycles. The number of carbonyl (C=O) groups excluding carboxylic acids is 1. The minimum atomic E-state index is -4.36. The Balaban J connectivity index is 4.26. The molecule has 0 saturated heterocycles. The number of unbranched alkanes of at least 4 members (excludes halogenated alkanes) is 9. The first-order chi connectivity index (χ1) is 12.7. The molecule has 0 saturated carbocycles. The molecule has 0 aromatic heterocycles. The van der Waals surface area contributed by atoms with Gasteiger partial charge < -0.3 is 9.84 Å². The first-order valence-electron chi connectivity index (χ1n) is 9.76. The van der Waals surface area contributed by atoms with Gasteiger partial charge in [-0.1, -0.05) is 64.7 Å². The zero-order chi connectivity index (χ0) is 20.7. The molecule has 0 rings (SSSR count). The van der Waals surface area contributed by atoms with Gasteiger partial charge in [-0.15, -0.1) is 0 Å². The molecule has 0 spiro atoms. The van der Waals surface area contributed by atoms with Crippen molar-refractivity contribution in [2.45, 2.75) is 95.8 Å². The molecule has 0 aliphatic heterocycles. The standard InChI is InChI=1S/C19H34O7S/c1-3-4-5-6-7-8-9-10-11-12-13-17(16(2)27(23,24)25)26-19(22)15-14-18(20)21/h14-17H,3-13H2,1-2H3,(H,20,21)(H,23,24,25). The smallest absolute Gasteiger partial charge is 0.331 e. The number of ether oxygens (including phenoxy) is 1.